The van der Waals surface area contributed by atoms with Crippen LogP contribution >= 0.6 is 22.9 Å². The van der Waals surface area contributed by atoms with Crippen molar-refractivity contribution in [3.63, 3.8) is 0 Å². The maximum atomic E-state index is 12.4. The Morgan fingerprint density at radius 3 is 2.65 bits per heavy atom. The van der Waals surface area contributed by atoms with Crippen molar-refractivity contribution in [2.45, 2.75) is 13.3 Å². The third-order valence-corrected chi connectivity index (χ3v) is 5.47. The molecule has 1 aromatic heterocycles. The van der Waals surface area contributed by atoms with E-state index in [1.807, 2.05) is 28.5 Å². The van der Waals surface area contributed by atoms with Crippen molar-refractivity contribution in [3.8, 4) is 0 Å². The minimum atomic E-state index is -0.125. The van der Waals surface area contributed by atoms with Crippen molar-refractivity contribution in [2.75, 3.05) is 37.6 Å². The molecule has 2 amide bonds. The third-order valence-electron chi connectivity index (χ3n) is 4.55. The summed E-state index contributed by atoms with van der Waals surface area (Å²) in [6, 6.07) is 7.67. The molecule has 0 radical (unpaired) electrons. The standard InChI is InChI=1S/C19H22ClN3O2S/c1-14-2-3-16(20)12-17(14)22-7-9-23(10-8-22)18(24)4-6-21-19(25)15-5-11-26-13-15/h2-3,5,11-13H,4,6-10H2,1H3,(H,21,25). The number of nitrogens with zero attached hydrogens (tertiary/aromatic N) is 2. The molecule has 3 rings (SSSR count). The highest BCUT2D eigenvalue weighted by molar-refractivity contribution is 7.08. The molecule has 1 aliphatic rings. The van der Waals surface area contributed by atoms with Gasteiger partial charge >= 0.3 is 0 Å². The molecule has 2 aromatic rings. The van der Waals surface area contributed by atoms with Gasteiger partial charge in [-0.2, -0.15) is 11.3 Å². The molecule has 0 aliphatic carbocycles. The molecule has 0 saturated carbocycles. The number of nitrogens with one attached hydrogen (secondary N) is 1. The summed E-state index contributed by atoms with van der Waals surface area (Å²) in [4.78, 5) is 28.4. The van der Waals surface area contributed by atoms with Gasteiger partial charge in [-0.15, -0.1) is 0 Å². The minimum Gasteiger partial charge on any atom is -0.368 e. The van der Waals surface area contributed by atoms with E-state index in [0.717, 1.165) is 23.8 Å². The molecule has 26 heavy (non-hydrogen) atoms. The second-order valence-corrected chi connectivity index (χ2v) is 7.53. The second-order valence-electron chi connectivity index (χ2n) is 6.32. The van der Waals surface area contributed by atoms with Crippen molar-refractivity contribution < 1.29 is 9.59 Å². The highest BCUT2D eigenvalue weighted by Crippen LogP contribution is 2.25. The normalized spacial score (nSPS) is 14.4. The van der Waals surface area contributed by atoms with E-state index in [2.05, 4.69) is 17.1 Å². The molecule has 7 heteroatoms. The van der Waals surface area contributed by atoms with Crippen molar-refractivity contribution >= 4 is 40.4 Å². The molecule has 1 saturated heterocycles. The highest BCUT2D eigenvalue weighted by Gasteiger charge is 2.22. The Labute approximate surface area is 162 Å². The molecule has 0 spiro atoms. The van der Waals surface area contributed by atoms with E-state index >= 15 is 0 Å². The predicted molar refractivity (Wildman–Crippen MR) is 106 cm³/mol. The predicted octanol–water partition coefficient (Wildman–Crippen LogP) is 3.18. The number of thiophene rings is 1. The Morgan fingerprint density at radius 2 is 1.96 bits per heavy atom. The van der Waals surface area contributed by atoms with Gasteiger partial charge < -0.3 is 15.1 Å². The fourth-order valence-electron chi connectivity index (χ4n) is 3.06. The molecule has 0 atom stereocenters. The van der Waals surface area contributed by atoms with E-state index in [9.17, 15) is 9.59 Å². The molecule has 2 heterocycles. The average molecular weight is 392 g/mol. The minimum absolute atomic E-state index is 0.0816. The number of carbonyl (C=O) groups is 2. The SMILES string of the molecule is Cc1ccc(Cl)cc1N1CCN(C(=O)CCNC(=O)c2ccsc2)CC1. The lowest BCUT2D eigenvalue weighted by Crippen LogP contribution is -2.49. The summed E-state index contributed by atoms with van der Waals surface area (Å²) in [6.45, 7) is 5.37. The Bertz CT molecular complexity index is 771. The Balaban J connectivity index is 1.45. The molecule has 1 fully saturated rings. The lowest BCUT2D eigenvalue weighted by Gasteiger charge is -2.37. The largest absolute Gasteiger partial charge is 0.368 e. The van der Waals surface area contributed by atoms with Crippen LogP contribution in [0.1, 0.15) is 22.3 Å². The van der Waals surface area contributed by atoms with Crippen LogP contribution in [0, 0.1) is 6.92 Å². The van der Waals surface area contributed by atoms with Crippen molar-refractivity contribution in [1.29, 1.82) is 0 Å². The molecule has 1 N–H and O–H groups in total. The first-order valence-corrected chi connectivity index (χ1v) is 9.96. The number of amides is 2. The Kier molecular flexibility index (Phi) is 6.16. The molecule has 1 aliphatic heterocycles. The molecule has 5 nitrogen and oxygen atoms in total. The van der Waals surface area contributed by atoms with E-state index in [1.165, 1.54) is 16.9 Å². The van der Waals surface area contributed by atoms with E-state index in [4.69, 9.17) is 11.6 Å². The van der Waals surface area contributed by atoms with Gasteiger partial charge in [-0.25, -0.2) is 0 Å². The monoisotopic (exact) mass is 391 g/mol. The topological polar surface area (TPSA) is 52.6 Å². The first kappa shape index (κ1) is 18.7. The summed E-state index contributed by atoms with van der Waals surface area (Å²) in [6.07, 6.45) is 0.325. The Hall–Kier alpha value is -2.05. The van der Waals surface area contributed by atoms with Gasteiger partial charge in [0.1, 0.15) is 0 Å². The van der Waals surface area contributed by atoms with Gasteiger partial charge in [-0.1, -0.05) is 17.7 Å². The second kappa shape index (κ2) is 8.56. The molecule has 0 unspecified atom stereocenters. The van der Waals surface area contributed by atoms with Gasteiger partial charge in [0.2, 0.25) is 5.91 Å². The maximum Gasteiger partial charge on any atom is 0.252 e. The maximum absolute atomic E-state index is 12.4. The first-order valence-electron chi connectivity index (χ1n) is 8.64. The summed E-state index contributed by atoms with van der Waals surface area (Å²) < 4.78 is 0. The first-order chi connectivity index (χ1) is 12.5. The third kappa shape index (κ3) is 4.56. The number of carbonyl (C=O) groups excluding carboxylic acids is 2. The van der Waals surface area contributed by atoms with E-state index < -0.39 is 0 Å². The number of aryl methyl sites for hydroxylation is 1. The molecular formula is C19H22ClN3O2S. The average Bonchev–Trinajstić information content (AvgIpc) is 3.18. The zero-order chi connectivity index (χ0) is 18.5. The molecular weight excluding hydrogens is 370 g/mol. The van der Waals surface area contributed by atoms with Gasteiger partial charge in [0.15, 0.2) is 0 Å². The van der Waals surface area contributed by atoms with Crippen LogP contribution in [0.25, 0.3) is 0 Å². The molecule has 138 valence electrons. The number of anilines is 1. The van der Waals surface area contributed by atoms with Crippen LogP contribution in [0.2, 0.25) is 5.02 Å². The fourth-order valence-corrected chi connectivity index (χ4v) is 3.86. The van der Waals surface area contributed by atoms with Crippen LogP contribution in [-0.4, -0.2) is 49.4 Å². The van der Waals surface area contributed by atoms with E-state index in [0.29, 0.717) is 31.6 Å². The van der Waals surface area contributed by atoms with Crippen LogP contribution in [0.3, 0.4) is 0 Å². The van der Waals surface area contributed by atoms with Crippen molar-refractivity contribution in [2.24, 2.45) is 0 Å². The number of halogens is 1. The number of benzene rings is 1. The number of rotatable bonds is 5. The van der Waals surface area contributed by atoms with E-state index in [-0.39, 0.29) is 11.8 Å². The van der Waals surface area contributed by atoms with Gasteiger partial charge in [-0.3, -0.25) is 9.59 Å². The quantitative estimate of drug-likeness (QED) is 0.851. The summed E-state index contributed by atoms with van der Waals surface area (Å²) >= 11 is 7.59. The summed E-state index contributed by atoms with van der Waals surface area (Å²) in [5.74, 6) is -0.0432. The van der Waals surface area contributed by atoms with Crippen molar-refractivity contribution in [1.82, 2.24) is 10.2 Å². The smallest absolute Gasteiger partial charge is 0.252 e. The van der Waals surface area contributed by atoms with Gasteiger partial charge in [-0.05, 0) is 36.1 Å². The highest BCUT2D eigenvalue weighted by atomic mass is 35.5. The Morgan fingerprint density at radius 1 is 1.19 bits per heavy atom. The zero-order valence-corrected chi connectivity index (χ0v) is 16.3. The molecule has 1 aromatic carbocycles. The molecule has 0 bridgehead atoms. The van der Waals surface area contributed by atoms with Crippen LogP contribution in [0.15, 0.2) is 35.0 Å². The van der Waals surface area contributed by atoms with Gasteiger partial charge in [0.25, 0.3) is 5.91 Å². The van der Waals surface area contributed by atoms with E-state index in [1.54, 1.807) is 11.4 Å². The lowest BCUT2D eigenvalue weighted by molar-refractivity contribution is -0.131. The number of hydrogen-bond donors (Lipinski definition) is 1. The summed E-state index contributed by atoms with van der Waals surface area (Å²) in [7, 11) is 0. The van der Waals surface area contributed by atoms with Crippen LogP contribution < -0.4 is 10.2 Å². The van der Waals surface area contributed by atoms with Gasteiger partial charge in [0.05, 0.1) is 0 Å². The van der Waals surface area contributed by atoms with Crippen LogP contribution in [0.4, 0.5) is 5.69 Å². The fraction of sp³-hybridized carbons (Fsp3) is 0.368. The van der Waals surface area contributed by atoms with Crippen molar-refractivity contribution in [3.05, 3.63) is 51.2 Å². The zero-order valence-electron chi connectivity index (χ0n) is 14.7. The summed E-state index contributed by atoms with van der Waals surface area (Å²) in [5.41, 5.74) is 2.96. The van der Waals surface area contributed by atoms with Crippen LogP contribution in [0.5, 0.6) is 0 Å². The lowest BCUT2D eigenvalue weighted by atomic mass is 10.1. The number of piperazine rings is 1. The summed E-state index contributed by atoms with van der Waals surface area (Å²) in [5, 5.41) is 7.19. The van der Waals surface area contributed by atoms with Gasteiger partial charge in [0, 0.05) is 60.8 Å². The van der Waals surface area contributed by atoms with Crippen LogP contribution in [-0.2, 0) is 4.79 Å². The number of hydrogen-bond acceptors (Lipinski definition) is 4.